The van der Waals surface area contributed by atoms with E-state index in [1.165, 1.54) is 21.9 Å². The average molecular weight is 454 g/mol. The fourth-order valence-corrected chi connectivity index (χ4v) is 4.04. The van der Waals surface area contributed by atoms with E-state index in [1.54, 1.807) is 43.1 Å². The Morgan fingerprint density at radius 2 is 1.93 bits per heavy atom. The number of benzene rings is 2. The van der Waals surface area contributed by atoms with E-state index >= 15 is 0 Å². The highest BCUT2D eigenvalue weighted by atomic mass is 35.5. The van der Waals surface area contributed by atoms with Gasteiger partial charge in [-0.1, -0.05) is 29.3 Å². The molecule has 0 aromatic heterocycles. The van der Waals surface area contributed by atoms with Gasteiger partial charge in [0.15, 0.2) is 0 Å². The molecule has 0 bridgehead atoms. The van der Waals surface area contributed by atoms with E-state index in [-0.39, 0.29) is 38.0 Å². The number of piperazine rings is 1. The number of carbonyl (C=O) groups is 2. The second-order valence-electron chi connectivity index (χ2n) is 7.31. The Bertz CT molecular complexity index is 973. The zero-order chi connectivity index (χ0) is 22.0. The Kier molecular flexibility index (Phi) is 6.73. The van der Waals surface area contributed by atoms with Crippen molar-refractivity contribution in [2.75, 3.05) is 26.7 Å². The molecule has 1 fully saturated rings. The minimum atomic E-state index is -1.05. The van der Waals surface area contributed by atoms with Crippen molar-refractivity contribution in [1.82, 2.24) is 14.7 Å². The minimum absolute atomic E-state index is 0.110. The first-order chi connectivity index (χ1) is 14.2. The maximum Gasteiger partial charge on any atom is 0.407 e. The molecule has 1 atom stereocenters. The van der Waals surface area contributed by atoms with Crippen LogP contribution in [0.3, 0.4) is 0 Å². The fourth-order valence-electron chi connectivity index (χ4n) is 3.67. The number of nitrogens with zero attached hydrogens (tertiary/aromatic N) is 3. The van der Waals surface area contributed by atoms with Gasteiger partial charge in [0.2, 0.25) is 0 Å². The predicted octanol–water partition coefficient (Wildman–Crippen LogP) is 5.03. The third-order valence-electron chi connectivity index (χ3n) is 5.23. The number of hydrogen-bond donors (Lipinski definition) is 1. The molecule has 2 aromatic rings. The molecule has 0 radical (unpaired) electrons. The summed E-state index contributed by atoms with van der Waals surface area (Å²) < 4.78 is 13.6. The number of hydrogen-bond acceptors (Lipinski definition) is 2. The average Bonchev–Trinajstić information content (AvgIpc) is 2.69. The number of carbonyl (C=O) groups excluding carboxylic acids is 1. The van der Waals surface area contributed by atoms with Crippen molar-refractivity contribution in [3.05, 3.63) is 69.0 Å². The van der Waals surface area contributed by atoms with Gasteiger partial charge in [0.05, 0.1) is 6.04 Å². The van der Waals surface area contributed by atoms with Crippen molar-refractivity contribution in [2.45, 2.75) is 19.5 Å². The number of aryl methyl sites for hydroxylation is 1. The van der Waals surface area contributed by atoms with Gasteiger partial charge < -0.3 is 19.8 Å². The third kappa shape index (κ3) is 4.79. The summed E-state index contributed by atoms with van der Waals surface area (Å²) in [5, 5.41) is 10.4. The molecule has 6 nitrogen and oxygen atoms in total. The molecular formula is C21H22Cl2FN3O3. The van der Waals surface area contributed by atoms with E-state index in [9.17, 15) is 19.1 Å². The molecule has 1 saturated heterocycles. The number of carboxylic acid groups (broad SMARTS) is 1. The molecule has 0 saturated carbocycles. The van der Waals surface area contributed by atoms with Crippen LogP contribution < -0.4 is 0 Å². The van der Waals surface area contributed by atoms with E-state index in [1.807, 2.05) is 0 Å². The van der Waals surface area contributed by atoms with Gasteiger partial charge >= 0.3 is 12.1 Å². The molecule has 1 heterocycles. The van der Waals surface area contributed by atoms with Crippen LogP contribution in [0, 0.1) is 12.7 Å². The highest BCUT2D eigenvalue weighted by molar-refractivity contribution is 6.33. The molecule has 2 aromatic carbocycles. The highest BCUT2D eigenvalue weighted by Gasteiger charge is 2.35. The Balaban J connectivity index is 1.87. The lowest BCUT2D eigenvalue weighted by molar-refractivity contribution is 0.0711. The van der Waals surface area contributed by atoms with Gasteiger partial charge in [-0.25, -0.2) is 14.0 Å². The molecule has 9 heteroatoms. The topological polar surface area (TPSA) is 64.1 Å². The summed E-state index contributed by atoms with van der Waals surface area (Å²) in [5.74, 6) is -0.382. The zero-order valence-electron chi connectivity index (χ0n) is 16.6. The van der Waals surface area contributed by atoms with Crippen LogP contribution in [0.4, 0.5) is 14.0 Å². The molecule has 3 amide bonds. The smallest absolute Gasteiger partial charge is 0.407 e. The molecule has 30 heavy (non-hydrogen) atoms. The number of urea groups is 1. The van der Waals surface area contributed by atoms with Gasteiger partial charge in [-0.2, -0.15) is 0 Å². The lowest BCUT2D eigenvalue weighted by Gasteiger charge is -2.42. The van der Waals surface area contributed by atoms with Crippen molar-refractivity contribution in [3.63, 3.8) is 0 Å². The van der Waals surface area contributed by atoms with Gasteiger partial charge in [0.25, 0.3) is 0 Å². The summed E-state index contributed by atoms with van der Waals surface area (Å²) in [6, 6.07) is 8.56. The summed E-state index contributed by atoms with van der Waals surface area (Å²) in [6.07, 6.45) is -1.05. The molecule has 1 aliphatic heterocycles. The summed E-state index contributed by atoms with van der Waals surface area (Å²) >= 11 is 12.3. The van der Waals surface area contributed by atoms with E-state index in [0.717, 1.165) is 0 Å². The quantitative estimate of drug-likeness (QED) is 0.708. The van der Waals surface area contributed by atoms with Gasteiger partial charge in [-0.05, 0) is 53.9 Å². The van der Waals surface area contributed by atoms with E-state index < -0.39 is 12.1 Å². The van der Waals surface area contributed by atoms with Crippen molar-refractivity contribution in [2.24, 2.45) is 0 Å². The Morgan fingerprint density at radius 3 is 2.60 bits per heavy atom. The largest absolute Gasteiger partial charge is 0.465 e. The van der Waals surface area contributed by atoms with Gasteiger partial charge in [-0.15, -0.1) is 0 Å². The SMILES string of the molecule is Cc1cc(F)ccc1C1CN(C(=O)O)CCN1C(=O)N(C)Cc1cc(Cl)ccc1Cl. The maximum atomic E-state index is 13.6. The first kappa shape index (κ1) is 22.2. The monoisotopic (exact) mass is 453 g/mol. The normalized spacial score (nSPS) is 16.5. The van der Waals surface area contributed by atoms with Gasteiger partial charge in [-0.3, -0.25) is 0 Å². The molecule has 1 aliphatic rings. The minimum Gasteiger partial charge on any atom is -0.465 e. The van der Waals surface area contributed by atoms with Crippen molar-refractivity contribution in [3.8, 4) is 0 Å². The highest BCUT2D eigenvalue weighted by Crippen LogP contribution is 2.30. The van der Waals surface area contributed by atoms with Crippen LogP contribution in [0.25, 0.3) is 0 Å². The number of amides is 3. The lowest BCUT2D eigenvalue weighted by atomic mass is 9.97. The Labute approximate surface area is 184 Å². The molecular weight excluding hydrogens is 432 g/mol. The summed E-state index contributed by atoms with van der Waals surface area (Å²) in [4.78, 5) is 29.2. The van der Waals surface area contributed by atoms with Crippen LogP contribution in [0.5, 0.6) is 0 Å². The molecule has 1 unspecified atom stereocenters. The van der Waals surface area contributed by atoms with E-state index in [0.29, 0.717) is 26.7 Å². The summed E-state index contributed by atoms with van der Waals surface area (Å²) in [6.45, 7) is 2.52. The van der Waals surface area contributed by atoms with Crippen molar-refractivity contribution < 1.29 is 19.1 Å². The van der Waals surface area contributed by atoms with E-state index in [4.69, 9.17) is 23.2 Å². The maximum absolute atomic E-state index is 13.6. The molecule has 3 rings (SSSR count). The molecule has 160 valence electrons. The zero-order valence-corrected chi connectivity index (χ0v) is 18.1. The number of rotatable bonds is 3. The van der Waals surface area contributed by atoms with Crippen LogP contribution in [-0.2, 0) is 6.54 Å². The Morgan fingerprint density at radius 1 is 1.20 bits per heavy atom. The first-order valence-electron chi connectivity index (χ1n) is 9.37. The second kappa shape index (κ2) is 9.10. The summed E-state index contributed by atoms with van der Waals surface area (Å²) in [7, 11) is 1.65. The molecule has 0 spiro atoms. The molecule has 0 aliphatic carbocycles. The fraction of sp³-hybridized carbons (Fsp3) is 0.333. The van der Waals surface area contributed by atoms with Crippen LogP contribution >= 0.6 is 23.2 Å². The van der Waals surface area contributed by atoms with Crippen LogP contribution in [0.2, 0.25) is 10.0 Å². The van der Waals surface area contributed by atoms with Crippen LogP contribution in [0.1, 0.15) is 22.7 Å². The van der Waals surface area contributed by atoms with Gasteiger partial charge in [0.1, 0.15) is 5.82 Å². The van der Waals surface area contributed by atoms with E-state index in [2.05, 4.69) is 0 Å². The second-order valence-corrected chi connectivity index (χ2v) is 8.16. The first-order valence-corrected chi connectivity index (χ1v) is 10.1. The number of halogens is 3. The van der Waals surface area contributed by atoms with Gasteiger partial charge in [0, 0.05) is 43.3 Å². The standard InChI is InChI=1S/C21H22Cl2FN3O3/c1-13-9-16(24)4-5-17(13)19-12-26(21(29)30)7-8-27(19)20(28)25(2)11-14-10-15(22)3-6-18(14)23/h3-6,9-10,19H,7-8,11-12H2,1-2H3,(H,29,30). The summed E-state index contributed by atoms with van der Waals surface area (Å²) in [5.41, 5.74) is 2.08. The predicted molar refractivity (Wildman–Crippen MR) is 114 cm³/mol. The van der Waals surface area contributed by atoms with Crippen LogP contribution in [-0.4, -0.2) is 58.6 Å². The lowest BCUT2D eigenvalue weighted by Crippen LogP contribution is -2.54. The molecule has 1 N–H and O–H groups in total. The van der Waals surface area contributed by atoms with Crippen molar-refractivity contribution in [1.29, 1.82) is 0 Å². The van der Waals surface area contributed by atoms with Crippen LogP contribution in [0.15, 0.2) is 36.4 Å². The van der Waals surface area contributed by atoms with Crippen molar-refractivity contribution >= 4 is 35.3 Å². The third-order valence-corrected chi connectivity index (χ3v) is 5.83. The Hall–Kier alpha value is -2.51.